The normalized spacial score (nSPS) is 17.9. The van der Waals surface area contributed by atoms with E-state index in [9.17, 15) is 26.3 Å². The molecule has 0 amide bonds. The summed E-state index contributed by atoms with van der Waals surface area (Å²) in [4.78, 5) is 17.8. The third kappa shape index (κ3) is 10.7. The van der Waals surface area contributed by atoms with Crippen LogP contribution < -0.4 is 5.32 Å². The van der Waals surface area contributed by atoms with Gasteiger partial charge in [-0.25, -0.2) is 9.59 Å². The van der Waals surface area contributed by atoms with Crippen molar-refractivity contribution in [3.05, 3.63) is 41.6 Å². The number of nitrogens with one attached hydrogen (secondary N) is 1. The van der Waals surface area contributed by atoms with Gasteiger partial charge in [-0.05, 0) is 42.9 Å². The molecular weight excluding hydrogens is 532 g/mol. The predicted molar refractivity (Wildman–Crippen MR) is 116 cm³/mol. The molecule has 2 aliphatic rings. The minimum Gasteiger partial charge on any atom is -0.475 e. The molecule has 0 bridgehead atoms. The number of rotatable bonds is 6. The largest absolute Gasteiger partial charge is 0.490 e. The number of fused-ring (bicyclic) bond motifs is 1. The zero-order valence-corrected chi connectivity index (χ0v) is 19.9. The van der Waals surface area contributed by atoms with Gasteiger partial charge < -0.3 is 29.4 Å². The lowest BCUT2D eigenvalue weighted by atomic mass is 10.0. The summed E-state index contributed by atoms with van der Waals surface area (Å²) in [5.74, 6) is -3.90. The van der Waals surface area contributed by atoms with Crippen LogP contribution in [0.15, 0.2) is 29.0 Å². The molecule has 1 fully saturated rings. The lowest BCUT2D eigenvalue weighted by Crippen LogP contribution is -2.27. The number of alkyl halides is 6. The third-order valence-corrected chi connectivity index (χ3v) is 5.35. The summed E-state index contributed by atoms with van der Waals surface area (Å²) in [6, 6.07) is 3.88. The minimum absolute atomic E-state index is 0.0275. The molecule has 10 nitrogen and oxygen atoms in total. The molecule has 4 heterocycles. The van der Waals surface area contributed by atoms with Crippen molar-refractivity contribution in [3.8, 4) is 0 Å². The van der Waals surface area contributed by atoms with Crippen molar-refractivity contribution in [2.45, 2.75) is 50.8 Å². The smallest absolute Gasteiger partial charge is 0.475 e. The van der Waals surface area contributed by atoms with Gasteiger partial charge in [0.1, 0.15) is 11.9 Å². The van der Waals surface area contributed by atoms with Crippen LogP contribution in [-0.2, 0) is 38.6 Å². The summed E-state index contributed by atoms with van der Waals surface area (Å²) in [7, 11) is 0. The molecule has 2 aliphatic heterocycles. The zero-order chi connectivity index (χ0) is 28.3. The summed E-state index contributed by atoms with van der Waals surface area (Å²) in [5.41, 5.74) is 2.43. The monoisotopic (exact) mass is 559 g/mol. The van der Waals surface area contributed by atoms with Gasteiger partial charge in [-0.15, -0.1) is 0 Å². The summed E-state index contributed by atoms with van der Waals surface area (Å²) in [5, 5.41) is 22.5. The summed E-state index contributed by atoms with van der Waals surface area (Å²) in [6.07, 6.45) is -3.00. The fourth-order valence-electron chi connectivity index (χ4n) is 3.51. The Balaban J connectivity index is 0.000000301. The second-order valence-corrected chi connectivity index (χ2v) is 8.24. The van der Waals surface area contributed by atoms with E-state index in [0.717, 1.165) is 63.6 Å². The average molecular weight is 559 g/mol. The van der Waals surface area contributed by atoms with Crippen LogP contribution in [0.3, 0.4) is 0 Å². The summed E-state index contributed by atoms with van der Waals surface area (Å²) >= 11 is 0. The summed E-state index contributed by atoms with van der Waals surface area (Å²) < 4.78 is 82.3. The van der Waals surface area contributed by atoms with Crippen molar-refractivity contribution in [1.82, 2.24) is 15.1 Å². The highest BCUT2D eigenvalue weighted by molar-refractivity contribution is 5.73. The highest BCUT2D eigenvalue weighted by Gasteiger charge is 2.38. The topological polar surface area (TPSA) is 136 Å². The molecule has 1 unspecified atom stereocenters. The minimum atomic E-state index is -5.08. The number of carboxylic acids is 2. The van der Waals surface area contributed by atoms with E-state index in [1.807, 2.05) is 12.1 Å². The van der Waals surface area contributed by atoms with Crippen molar-refractivity contribution in [2.24, 2.45) is 5.92 Å². The van der Waals surface area contributed by atoms with Crippen LogP contribution in [0, 0.1) is 5.92 Å². The number of carboxylic acid groups (broad SMARTS) is 2. The van der Waals surface area contributed by atoms with Crippen molar-refractivity contribution >= 4 is 11.9 Å². The Morgan fingerprint density at radius 1 is 1.05 bits per heavy atom. The fourth-order valence-corrected chi connectivity index (χ4v) is 3.51. The molecular formula is C22H27F6N3O7. The zero-order valence-electron chi connectivity index (χ0n) is 19.9. The van der Waals surface area contributed by atoms with Gasteiger partial charge in [0.15, 0.2) is 0 Å². The van der Waals surface area contributed by atoms with Crippen LogP contribution in [0.2, 0.25) is 0 Å². The third-order valence-electron chi connectivity index (χ3n) is 5.35. The average Bonchev–Trinajstić information content (AvgIpc) is 3.49. The first-order chi connectivity index (χ1) is 17.8. The molecule has 0 saturated carbocycles. The Labute approximate surface area is 212 Å². The van der Waals surface area contributed by atoms with E-state index in [0.29, 0.717) is 12.5 Å². The molecule has 2 aromatic heterocycles. The molecule has 0 spiro atoms. The van der Waals surface area contributed by atoms with Gasteiger partial charge >= 0.3 is 24.3 Å². The van der Waals surface area contributed by atoms with E-state index in [1.165, 1.54) is 5.56 Å². The maximum absolute atomic E-state index is 10.6. The molecule has 3 N–H and O–H groups in total. The quantitative estimate of drug-likeness (QED) is 0.454. The maximum Gasteiger partial charge on any atom is 0.490 e. The predicted octanol–water partition coefficient (Wildman–Crippen LogP) is 3.57. The number of hydrogen-bond acceptors (Lipinski definition) is 7. The second-order valence-electron chi connectivity index (χ2n) is 8.24. The van der Waals surface area contributed by atoms with Gasteiger partial charge in [0.2, 0.25) is 0 Å². The molecule has 1 atom stereocenters. The van der Waals surface area contributed by atoms with E-state index in [2.05, 4.69) is 16.2 Å². The molecule has 38 heavy (non-hydrogen) atoms. The Hall–Kier alpha value is -3.11. The number of aliphatic carboxylic acids is 2. The standard InChI is InChI=1S/C18H25N3O3.2C2HF3O2/c1-2-16(23-6-1)10-19-11-17-18-15(5-9-24-17)13-21(20-18)12-14-3-7-22-8-4-14;2*3-2(4,5)1(6)7/h1-2,6,13-14,17,19H,3-5,7-12H2;2*(H,6,7). The first-order valence-electron chi connectivity index (χ1n) is 11.4. The van der Waals surface area contributed by atoms with Gasteiger partial charge in [-0.3, -0.25) is 4.68 Å². The van der Waals surface area contributed by atoms with Crippen molar-refractivity contribution in [3.63, 3.8) is 0 Å². The van der Waals surface area contributed by atoms with Crippen molar-refractivity contribution in [1.29, 1.82) is 0 Å². The maximum atomic E-state index is 10.6. The van der Waals surface area contributed by atoms with E-state index in [1.54, 1.807) is 6.26 Å². The number of furan rings is 1. The first kappa shape index (κ1) is 31.1. The molecule has 1 saturated heterocycles. The fraction of sp³-hybridized carbons (Fsp3) is 0.591. The molecule has 2 aromatic rings. The van der Waals surface area contributed by atoms with Crippen molar-refractivity contribution < 1.29 is 60.0 Å². The SMILES string of the molecule is O=C(O)C(F)(F)F.O=C(O)C(F)(F)F.c1coc(CNCC2OCCc3cn(CC4CCOCC4)nc32)c1. The number of halogens is 6. The molecule has 4 rings (SSSR count). The van der Waals surface area contributed by atoms with Crippen LogP contribution in [0.25, 0.3) is 0 Å². The Bertz CT molecular complexity index is 978. The Morgan fingerprint density at radius 2 is 1.66 bits per heavy atom. The number of aromatic nitrogens is 2. The van der Waals surface area contributed by atoms with E-state index in [4.69, 9.17) is 38.8 Å². The summed E-state index contributed by atoms with van der Waals surface area (Å²) in [6.45, 7) is 4.99. The molecule has 0 aromatic carbocycles. The van der Waals surface area contributed by atoms with Gasteiger partial charge in [0.25, 0.3) is 0 Å². The molecule has 0 aliphatic carbocycles. The van der Waals surface area contributed by atoms with E-state index < -0.39 is 24.3 Å². The van der Waals surface area contributed by atoms with Gasteiger partial charge in [-0.2, -0.15) is 31.4 Å². The second kappa shape index (κ2) is 14.2. The van der Waals surface area contributed by atoms with Crippen molar-refractivity contribution in [2.75, 3.05) is 26.4 Å². The van der Waals surface area contributed by atoms with Gasteiger partial charge in [0, 0.05) is 32.5 Å². The lowest BCUT2D eigenvalue weighted by molar-refractivity contribution is -0.193. The van der Waals surface area contributed by atoms with Gasteiger partial charge in [-0.1, -0.05) is 0 Å². The van der Waals surface area contributed by atoms with Crippen LogP contribution in [0.4, 0.5) is 26.3 Å². The van der Waals surface area contributed by atoms with E-state index in [-0.39, 0.29) is 6.10 Å². The van der Waals surface area contributed by atoms with E-state index >= 15 is 0 Å². The number of hydrogen-bond donors (Lipinski definition) is 3. The number of nitrogens with zero attached hydrogens (tertiary/aromatic N) is 2. The molecule has 16 heteroatoms. The molecule has 214 valence electrons. The molecule has 0 radical (unpaired) electrons. The van der Waals surface area contributed by atoms with Gasteiger partial charge in [0.05, 0.1) is 25.1 Å². The Kier molecular flexibility index (Phi) is 11.6. The van der Waals surface area contributed by atoms with Crippen LogP contribution >= 0.6 is 0 Å². The van der Waals surface area contributed by atoms with Crippen LogP contribution in [0.1, 0.15) is 36.0 Å². The van der Waals surface area contributed by atoms with Crippen LogP contribution in [0.5, 0.6) is 0 Å². The first-order valence-corrected chi connectivity index (χ1v) is 11.4. The Morgan fingerprint density at radius 3 is 2.18 bits per heavy atom. The van der Waals surface area contributed by atoms with Crippen LogP contribution in [-0.4, -0.2) is 70.7 Å². The number of carbonyl (C=O) groups is 2. The number of ether oxygens (including phenoxy) is 2. The highest BCUT2D eigenvalue weighted by atomic mass is 19.4. The highest BCUT2D eigenvalue weighted by Crippen LogP contribution is 2.26. The lowest BCUT2D eigenvalue weighted by Gasteiger charge is -2.22.